The molecule has 4 heterocycles. The Morgan fingerprint density at radius 3 is 2.66 bits per heavy atom. The third-order valence-electron chi connectivity index (χ3n) is 6.21. The van der Waals surface area contributed by atoms with Gasteiger partial charge < -0.3 is 9.80 Å². The Morgan fingerprint density at radius 2 is 1.97 bits per heavy atom. The Bertz CT molecular complexity index is 894. The number of likely N-dealkylation sites (tertiary alicyclic amines) is 2. The maximum Gasteiger partial charge on any atom is 0.248 e. The van der Waals surface area contributed by atoms with E-state index in [1.54, 1.807) is 6.20 Å². The summed E-state index contributed by atoms with van der Waals surface area (Å²) in [4.78, 5) is 34.7. The lowest BCUT2D eigenvalue weighted by atomic mass is 9.85. The Kier molecular flexibility index (Phi) is 5.39. The average molecular weight is 396 g/mol. The van der Waals surface area contributed by atoms with Gasteiger partial charge in [0, 0.05) is 37.9 Å². The molecule has 1 atom stereocenters. The predicted octanol–water partition coefficient (Wildman–Crippen LogP) is 2.47. The van der Waals surface area contributed by atoms with Gasteiger partial charge in [-0.3, -0.25) is 19.3 Å². The van der Waals surface area contributed by atoms with Crippen molar-refractivity contribution in [1.29, 1.82) is 0 Å². The Balaban J connectivity index is 1.47. The zero-order valence-corrected chi connectivity index (χ0v) is 17.3. The average Bonchev–Trinajstić information content (AvgIpc) is 3.27. The molecule has 154 valence electrons. The van der Waals surface area contributed by atoms with E-state index >= 15 is 0 Å². The van der Waals surface area contributed by atoms with Gasteiger partial charge >= 0.3 is 0 Å². The minimum absolute atomic E-state index is 0.0584. The number of carbonyl (C=O) groups excluding carboxylic acids is 2. The van der Waals surface area contributed by atoms with Crippen molar-refractivity contribution in [2.24, 2.45) is 0 Å². The second-order valence-corrected chi connectivity index (χ2v) is 8.23. The third-order valence-corrected chi connectivity index (χ3v) is 6.21. The van der Waals surface area contributed by atoms with Crippen LogP contribution >= 0.6 is 0 Å². The summed E-state index contributed by atoms with van der Waals surface area (Å²) < 4.78 is 1.88. The van der Waals surface area contributed by atoms with Crippen LogP contribution < -0.4 is 0 Å². The first-order valence-electron chi connectivity index (χ1n) is 10.5. The van der Waals surface area contributed by atoms with E-state index in [1.807, 2.05) is 52.6 Å². The van der Waals surface area contributed by atoms with Crippen LogP contribution in [-0.4, -0.2) is 55.0 Å². The van der Waals surface area contributed by atoms with Crippen LogP contribution in [-0.2, 0) is 22.7 Å². The molecule has 2 saturated heterocycles. The zero-order chi connectivity index (χ0) is 20.4. The van der Waals surface area contributed by atoms with E-state index in [0.29, 0.717) is 26.1 Å². The molecule has 0 aliphatic carbocycles. The maximum absolute atomic E-state index is 13.5. The molecule has 0 saturated carbocycles. The number of pyridine rings is 1. The Labute approximate surface area is 171 Å². The van der Waals surface area contributed by atoms with E-state index < -0.39 is 5.54 Å². The number of hydrogen-bond donors (Lipinski definition) is 0. The van der Waals surface area contributed by atoms with Crippen molar-refractivity contribution in [3.8, 4) is 0 Å². The largest absolute Gasteiger partial charge is 0.335 e. The number of amides is 2. The van der Waals surface area contributed by atoms with Crippen LogP contribution in [0, 0.1) is 13.8 Å². The zero-order valence-electron chi connectivity index (χ0n) is 17.3. The van der Waals surface area contributed by atoms with E-state index in [0.717, 1.165) is 49.3 Å². The second-order valence-electron chi connectivity index (χ2n) is 8.23. The van der Waals surface area contributed by atoms with Crippen LogP contribution in [0.15, 0.2) is 30.5 Å². The van der Waals surface area contributed by atoms with Crippen molar-refractivity contribution in [1.82, 2.24) is 24.6 Å². The number of hydrogen-bond acceptors (Lipinski definition) is 4. The maximum atomic E-state index is 13.5. The Morgan fingerprint density at radius 1 is 1.17 bits per heavy atom. The number of aryl methyl sites for hydroxylation is 3. The molecule has 29 heavy (non-hydrogen) atoms. The number of piperidine rings is 1. The van der Waals surface area contributed by atoms with Gasteiger partial charge in [-0.2, -0.15) is 5.10 Å². The van der Waals surface area contributed by atoms with Gasteiger partial charge in [-0.05, 0) is 57.7 Å². The van der Waals surface area contributed by atoms with Crippen LogP contribution in [0.5, 0.6) is 0 Å². The molecule has 2 aromatic heterocycles. The van der Waals surface area contributed by atoms with Crippen molar-refractivity contribution in [2.45, 2.75) is 64.6 Å². The van der Waals surface area contributed by atoms with Gasteiger partial charge in [-0.15, -0.1) is 0 Å². The summed E-state index contributed by atoms with van der Waals surface area (Å²) in [5.41, 5.74) is 2.24. The predicted molar refractivity (Wildman–Crippen MR) is 109 cm³/mol. The van der Waals surface area contributed by atoms with Crippen molar-refractivity contribution in [2.75, 3.05) is 13.1 Å². The standard InChI is InChI=1S/C22H29N5O2/c1-17-15-18(2)27(24-17)14-8-20(28)26-13-6-10-22(26)9-5-12-25(21(22)29)16-19-7-3-4-11-23-19/h3-4,7,11,15H,5-6,8-10,12-14,16H2,1-2H3. The van der Waals surface area contributed by atoms with Crippen LogP contribution in [0.1, 0.15) is 49.2 Å². The molecule has 2 fully saturated rings. The van der Waals surface area contributed by atoms with Gasteiger partial charge in [0.25, 0.3) is 0 Å². The summed E-state index contributed by atoms with van der Waals surface area (Å²) in [6, 6.07) is 7.78. The van der Waals surface area contributed by atoms with Crippen molar-refractivity contribution in [3.63, 3.8) is 0 Å². The molecule has 7 nitrogen and oxygen atoms in total. The van der Waals surface area contributed by atoms with Crippen LogP contribution in [0.2, 0.25) is 0 Å². The molecule has 0 radical (unpaired) electrons. The minimum Gasteiger partial charge on any atom is -0.335 e. The van der Waals surface area contributed by atoms with E-state index in [-0.39, 0.29) is 11.8 Å². The molecule has 0 N–H and O–H groups in total. The summed E-state index contributed by atoms with van der Waals surface area (Å²) in [6.45, 7) is 6.41. The van der Waals surface area contributed by atoms with E-state index in [2.05, 4.69) is 10.1 Å². The lowest BCUT2D eigenvalue weighted by molar-refractivity contribution is -0.156. The molecule has 1 spiro atoms. The molecule has 0 aromatic carbocycles. The van der Waals surface area contributed by atoms with Crippen LogP contribution in [0.3, 0.4) is 0 Å². The molecule has 2 aromatic rings. The smallest absolute Gasteiger partial charge is 0.248 e. The van der Waals surface area contributed by atoms with Gasteiger partial charge in [0.15, 0.2) is 0 Å². The normalized spacial score (nSPS) is 21.9. The molecule has 2 aliphatic rings. The minimum atomic E-state index is -0.667. The van der Waals surface area contributed by atoms with Crippen molar-refractivity contribution < 1.29 is 9.59 Å². The van der Waals surface area contributed by atoms with Crippen molar-refractivity contribution >= 4 is 11.8 Å². The summed E-state index contributed by atoms with van der Waals surface area (Å²) in [7, 11) is 0. The highest BCUT2D eigenvalue weighted by atomic mass is 16.2. The van der Waals surface area contributed by atoms with Gasteiger partial charge in [0.1, 0.15) is 5.54 Å². The molecule has 0 bridgehead atoms. The first-order valence-corrected chi connectivity index (χ1v) is 10.5. The summed E-state index contributed by atoms with van der Waals surface area (Å²) in [5, 5.41) is 4.45. The highest BCUT2D eigenvalue weighted by Crippen LogP contribution is 2.39. The monoisotopic (exact) mass is 395 g/mol. The lowest BCUT2D eigenvalue weighted by Gasteiger charge is -2.44. The fourth-order valence-electron chi connectivity index (χ4n) is 4.87. The highest BCUT2D eigenvalue weighted by Gasteiger charge is 2.52. The van der Waals surface area contributed by atoms with Gasteiger partial charge in [0.05, 0.1) is 17.9 Å². The SMILES string of the molecule is Cc1cc(C)n(CCC(=O)N2CCCC23CCCN(Cc2ccccn2)C3=O)n1. The quantitative estimate of drug-likeness (QED) is 0.780. The van der Waals surface area contributed by atoms with Crippen LogP contribution in [0.25, 0.3) is 0 Å². The molecule has 1 unspecified atom stereocenters. The number of rotatable bonds is 5. The first-order chi connectivity index (χ1) is 14.0. The van der Waals surface area contributed by atoms with Gasteiger partial charge in [-0.25, -0.2) is 0 Å². The Hall–Kier alpha value is -2.70. The highest BCUT2D eigenvalue weighted by molar-refractivity contribution is 5.92. The number of aromatic nitrogens is 3. The molecule has 7 heteroatoms. The fraction of sp³-hybridized carbons (Fsp3) is 0.545. The van der Waals surface area contributed by atoms with E-state index in [4.69, 9.17) is 0 Å². The molecule has 2 aliphatic heterocycles. The number of nitrogens with zero attached hydrogens (tertiary/aromatic N) is 5. The summed E-state index contributed by atoms with van der Waals surface area (Å²) in [6.07, 6.45) is 5.45. The molecule has 4 rings (SSSR count). The topological polar surface area (TPSA) is 71.3 Å². The molecule has 2 amide bonds. The molecular formula is C22H29N5O2. The number of carbonyl (C=O) groups is 2. The van der Waals surface area contributed by atoms with Crippen LogP contribution in [0.4, 0.5) is 0 Å². The second kappa shape index (κ2) is 7.97. The summed E-state index contributed by atoms with van der Waals surface area (Å²) >= 11 is 0. The van der Waals surface area contributed by atoms with Crippen molar-refractivity contribution in [3.05, 3.63) is 47.5 Å². The molecular weight excluding hydrogens is 366 g/mol. The van der Waals surface area contributed by atoms with Gasteiger partial charge in [0.2, 0.25) is 11.8 Å². The van der Waals surface area contributed by atoms with Gasteiger partial charge in [-0.1, -0.05) is 6.07 Å². The third kappa shape index (κ3) is 3.78. The van der Waals surface area contributed by atoms with E-state index in [9.17, 15) is 9.59 Å². The fourth-order valence-corrected chi connectivity index (χ4v) is 4.87. The van der Waals surface area contributed by atoms with E-state index in [1.165, 1.54) is 0 Å². The summed E-state index contributed by atoms with van der Waals surface area (Å²) in [5.74, 6) is 0.148. The lowest BCUT2D eigenvalue weighted by Crippen LogP contribution is -2.61. The first kappa shape index (κ1) is 19.6.